The molecule has 2 aromatic rings. The van der Waals surface area contributed by atoms with Gasteiger partial charge in [0.15, 0.2) is 5.76 Å². The van der Waals surface area contributed by atoms with Crippen molar-refractivity contribution >= 4 is 0 Å². The summed E-state index contributed by atoms with van der Waals surface area (Å²) < 4.78 is 6.39. The highest BCUT2D eigenvalue weighted by Crippen LogP contribution is 2.09. The molecule has 5 heteroatoms. The Kier molecular flexibility index (Phi) is 1.55. The number of hydrogen-bond acceptors (Lipinski definition) is 4. The molecule has 0 spiro atoms. The Bertz CT molecular complexity index is 352. The summed E-state index contributed by atoms with van der Waals surface area (Å²) in [4.78, 5) is 0. The molecular formula is C7H6N3O2. The maximum absolute atomic E-state index is 8.84. The van der Waals surface area contributed by atoms with Gasteiger partial charge in [0.05, 0.1) is 6.20 Å². The highest BCUT2D eigenvalue weighted by Gasteiger charge is 2.02. The first-order valence-electron chi connectivity index (χ1n) is 3.37. The minimum atomic E-state index is -0.110. The van der Waals surface area contributed by atoms with E-state index < -0.39 is 0 Å². The van der Waals surface area contributed by atoms with E-state index in [1.807, 2.05) is 0 Å². The van der Waals surface area contributed by atoms with E-state index in [0.717, 1.165) is 0 Å². The van der Waals surface area contributed by atoms with Crippen molar-refractivity contribution in [1.29, 1.82) is 0 Å². The molecule has 0 aromatic carbocycles. The molecule has 1 N–H and O–H groups in total. The van der Waals surface area contributed by atoms with Crippen molar-refractivity contribution in [3.8, 4) is 5.88 Å². The van der Waals surface area contributed by atoms with Gasteiger partial charge in [-0.25, -0.2) is 0 Å². The minimum Gasteiger partial charge on any atom is -0.491 e. The standard InChI is InChI=1S/C7H6N3O2/c11-7-4-6(12-9-7)5-10-3-1-2-8-10/h2-4H,5H2,(H,9,11). The summed E-state index contributed by atoms with van der Waals surface area (Å²) in [5.74, 6) is 0.450. The van der Waals surface area contributed by atoms with E-state index >= 15 is 0 Å². The summed E-state index contributed by atoms with van der Waals surface area (Å²) in [6, 6.07) is 4.23. The fourth-order valence-electron chi connectivity index (χ4n) is 0.883. The van der Waals surface area contributed by atoms with Crippen LogP contribution in [0.5, 0.6) is 5.88 Å². The average Bonchev–Trinajstić information content (AvgIpc) is 2.63. The van der Waals surface area contributed by atoms with E-state index in [1.54, 1.807) is 17.1 Å². The summed E-state index contributed by atoms with van der Waals surface area (Å²) in [5.41, 5.74) is 0. The van der Waals surface area contributed by atoms with Crippen molar-refractivity contribution in [2.45, 2.75) is 6.54 Å². The van der Waals surface area contributed by atoms with Crippen LogP contribution in [0.15, 0.2) is 23.0 Å². The molecule has 0 saturated heterocycles. The molecule has 0 fully saturated rings. The molecule has 0 aliphatic heterocycles. The molecule has 12 heavy (non-hydrogen) atoms. The molecule has 61 valence electrons. The number of aromatic hydroxyl groups is 1. The van der Waals surface area contributed by atoms with Crippen molar-refractivity contribution in [2.24, 2.45) is 0 Å². The first-order valence-corrected chi connectivity index (χ1v) is 3.37. The maximum Gasteiger partial charge on any atom is 0.251 e. The molecule has 2 rings (SSSR count). The van der Waals surface area contributed by atoms with E-state index in [2.05, 4.69) is 16.3 Å². The zero-order valence-corrected chi connectivity index (χ0v) is 6.14. The first kappa shape index (κ1) is 6.90. The zero-order valence-electron chi connectivity index (χ0n) is 6.14. The van der Waals surface area contributed by atoms with Crippen LogP contribution in [-0.2, 0) is 6.54 Å². The van der Waals surface area contributed by atoms with Gasteiger partial charge in [-0.3, -0.25) is 4.68 Å². The molecule has 5 nitrogen and oxygen atoms in total. The van der Waals surface area contributed by atoms with E-state index in [9.17, 15) is 0 Å². The topological polar surface area (TPSA) is 64.1 Å². The van der Waals surface area contributed by atoms with Gasteiger partial charge in [-0.15, -0.1) is 0 Å². The van der Waals surface area contributed by atoms with Gasteiger partial charge in [0.2, 0.25) is 0 Å². The van der Waals surface area contributed by atoms with Crippen LogP contribution in [0.1, 0.15) is 5.76 Å². The van der Waals surface area contributed by atoms with Crippen LogP contribution in [0.3, 0.4) is 0 Å². The predicted octanol–water partition coefficient (Wildman–Crippen LogP) is 0.425. The molecule has 0 amide bonds. The third-order valence-electron chi connectivity index (χ3n) is 1.37. The normalized spacial score (nSPS) is 10.3. The summed E-state index contributed by atoms with van der Waals surface area (Å²) >= 11 is 0. The Labute approximate surface area is 68.2 Å². The fourth-order valence-corrected chi connectivity index (χ4v) is 0.883. The highest BCUT2D eigenvalue weighted by molar-refractivity contribution is 5.08. The Morgan fingerprint density at radius 2 is 2.58 bits per heavy atom. The van der Waals surface area contributed by atoms with E-state index in [0.29, 0.717) is 12.3 Å². The van der Waals surface area contributed by atoms with E-state index in [1.165, 1.54) is 6.07 Å². The lowest BCUT2D eigenvalue weighted by atomic mass is 10.4. The summed E-state index contributed by atoms with van der Waals surface area (Å²) in [5, 5.41) is 16.1. The van der Waals surface area contributed by atoms with Crippen LogP contribution in [0, 0.1) is 6.07 Å². The van der Waals surface area contributed by atoms with Crippen LogP contribution in [0.2, 0.25) is 0 Å². The van der Waals surface area contributed by atoms with Gasteiger partial charge in [0, 0.05) is 18.3 Å². The van der Waals surface area contributed by atoms with Gasteiger partial charge in [0.1, 0.15) is 6.54 Å². The quantitative estimate of drug-likeness (QED) is 0.698. The van der Waals surface area contributed by atoms with Gasteiger partial charge in [-0.2, -0.15) is 5.10 Å². The molecule has 0 atom stereocenters. The summed E-state index contributed by atoms with van der Waals surface area (Å²) in [6.07, 6.45) is 3.23. The Morgan fingerprint density at radius 3 is 3.17 bits per heavy atom. The summed E-state index contributed by atoms with van der Waals surface area (Å²) in [6.45, 7) is 0.455. The van der Waals surface area contributed by atoms with Gasteiger partial charge in [0.25, 0.3) is 5.88 Å². The SMILES string of the molecule is Oc1cc(Cn2c[c]cn2)on1. The molecule has 0 aliphatic rings. The Hall–Kier alpha value is -1.78. The predicted molar refractivity (Wildman–Crippen MR) is 38.3 cm³/mol. The fraction of sp³-hybridized carbons (Fsp3) is 0.143. The third kappa shape index (κ3) is 1.29. The molecule has 0 saturated carbocycles. The minimum absolute atomic E-state index is 0.110. The van der Waals surface area contributed by atoms with Crippen molar-refractivity contribution < 1.29 is 9.63 Å². The third-order valence-corrected chi connectivity index (χ3v) is 1.37. The molecule has 2 heterocycles. The van der Waals surface area contributed by atoms with Crippen molar-refractivity contribution in [3.63, 3.8) is 0 Å². The van der Waals surface area contributed by atoms with Gasteiger partial charge in [-0.05, 0) is 5.16 Å². The maximum atomic E-state index is 8.84. The van der Waals surface area contributed by atoms with Gasteiger partial charge >= 0.3 is 0 Å². The van der Waals surface area contributed by atoms with Crippen LogP contribution >= 0.6 is 0 Å². The molecule has 0 unspecified atom stereocenters. The number of aromatic nitrogens is 3. The second-order valence-corrected chi connectivity index (χ2v) is 2.29. The highest BCUT2D eigenvalue weighted by atomic mass is 16.5. The van der Waals surface area contributed by atoms with Crippen LogP contribution < -0.4 is 0 Å². The number of rotatable bonds is 2. The molecule has 2 aromatic heterocycles. The lowest BCUT2D eigenvalue weighted by molar-refractivity contribution is 0.335. The lowest BCUT2D eigenvalue weighted by Crippen LogP contribution is -1.97. The van der Waals surface area contributed by atoms with Crippen molar-refractivity contribution in [1.82, 2.24) is 14.9 Å². The molecule has 0 aliphatic carbocycles. The average molecular weight is 164 g/mol. The van der Waals surface area contributed by atoms with Crippen LogP contribution in [0.25, 0.3) is 0 Å². The lowest BCUT2D eigenvalue weighted by Gasteiger charge is -1.93. The Morgan fingerprint density at radius 1 is 1.67 bits per heavy atom. The Balaban J connectivity index is 2.14. The number of nitrogens with zero attached hydrogens (tertiary/aromatic N) is 3. The van der Waals surface area contributed by atoms with Crippen molar-refractivity contribution in [3.05, 3.63) is 30.3 Å². The molecule has 0 bridgehead atoms. The summed E-state index contributed by atoms with van der Waals surface area (Å²) in [7, 11) is 0. The van der Waals surface area contributed by atoms with Crippen LogP contribution in [-0.4, -0.2) is 20.0 Å². The van der Waals surface area contributed by atoms with Crippen molar-refractivity contribution in [2.75, 3.05) is 0 Å². The molecule has 1 radical (unpaired) electrons. The monoisotopic (exact) mass is 164 g/mol. The second-order valence-electron chi connectivity index (χ2n) is 2.29. The second kappa shape index (κ2) is 2.69. The van der Waals surface area contributed by atoms with E-state index in [-0.39, 0.29) is 5.88 Å². The largest absolute Gasteiger partial charge is 0.491 e. The zero-order chi connectivity index (χ0) is 8.39. The smallest absolute Gasteiger partial charge is 0.251 e. The molecular weight excluding hydrogens is 158 g/mol. The van der Waals surface area contributed by atoms with Crippen LogP contribution in [0.4, 0.5) is 0 Å². The number of hydrogen-bond donors (Lipinski definition) is 1. The van der Waals surface area contributed by atoms with Gasteiger partial charge in [-0.1, -0.05) is 0 Å². The van der Waals surface area contributed by atoms with E-state index in [4.69, 9.17) is 9.63 Å². The first-order chi connectivity index (χ1) is 5.84. The van der Waals surface area contributed by atoms with Gasteiger partial charge < -0.3 is 9.63 Å².